The Hall–Kier alpha value is -0.860. The van der Waals surface area contributed by atoms with Crippen molar-refractivity contribution in [2.45, 2.75) is 71.0 Å². The molecule has 2 bridgehead atoms. The molecular formula is C19H30N2. The number of rotatable bonds is 3. The van der Waals surface area contributed by atoms with E-state index >= 15 is 0 Å². The fourth-order valence-corrected chi connectivity index (χ4v) is 4.74. The average Bonchev–Trinajstić information content (AvgIpc) is 2.64. The van der Waals surface area contributed by atoms with Crippen LogP contribution in [0.4, 0.5) is 0 Å². The van der Waals surface area contributed by atoms with E-state index < -0.39 is 0 Å². The van der Waals surface area contributed by atoms with Gasteiger partial charge in [0.2, 0.25) is 0 Å². The number of nitrogens with zero attached hydrogens (tertiary/aromatic N) is 1. The molecule has 2 saturated heterocycles. The number of hydrogen-bond donors (Lipinski definition) is 1. The fraction of sp³-hybridized carbons (Fsp3) is 0.684. The maximum Gasteiger partial charge on any atom is 0.0109 e. The predicted octanol–water partition coefficient (Wildman–Crippen LogP) is 3.35. The van der Waals surface area contributed by atoms with Crippen LogP contribution in [0.3, 0.4) is 0 Å². The molecular weight excluding hydrogens is 256 g/mol. The molecule has 0 saturated carbocycles. The van der Waals surface area contributed by atoms with Gasteiger partial charge in [-0.15, -0.1) is 0 Å². The lowest BCUT2D eigenvalue weighted by molar-refractivity contribution is 0.120. The molecule has 2 nitrogen and oxygen atoms in total. The molecule has 2 N–H and O–H groups in total. The Morgan fingerprint density at radius 1 is 1.10 bits per heavy atom. The zero-order valence-electron chi connectivity index (χ0n) is 14.0. The van der Waals surface area contributed by atoms with Gasteiger partial charge in [-0.2, -0.15) is 0 Å². The highest BCUT2D eigenvalue weighted by atomic mass is 15.2. The van der Waals surface area contributed by atoms with Gasteiger partial charge in [-0.1, -0.05) is 17.7 Å². The summed E-state index contributed by atoms with van der Waals surface area (Å²) in [6.45, 7) is 6.65. The third kappa shape index (κ3) is 2.89. The molecule has 3 unspecified atom stereocenters. The molecule has 2 heterocycles. The van der Waals surface area contributed by atoms with Crippen molar-refractivity contribution in [3.63, 3.8) is 0 Å². The molecule has 3 atom stereocenters. The number of benzene rings is 1. The largest absolute Gasteiger partial charge is 0.327 e. The minimum absolute atomic E-state index is 0.321. The summed E-state index contributed by atoms with van der Waals surface area (Å²) in [4.78, 5) is 2.60. The summed E-state index contributed by atoms with van der Waals surface area (Å²) in [5.41, 5.74) is 12.3. The quantitative estimate of drug-likeness (QED) is 0.923. The number of hydrogen-bond acceptors (Lipinski definition) is 2. The molecule has 2 fully saturated rings. The molecule has 0 aliphatic carbocycles. The molecule has 2 heteroatoms. The van der Waals surface area contributed by atoms with Gasteiger partial charge in [-0.05, 0) is 82.5 Å². The molecule has 0 aromatic heterocycles. The van der Waals surface area contributed by atoms with Crippen LogP contribution < -0.4 is 5.73 Å². The normalized spacial score (nSPS) is 30.6. The van der Waals surface area contributed by atoms with Crippen molar-refractivity contribution in [3.8, 4) is 0 Å². The molecule has 0 spiro atoms. The predicted molar refractivity (Wildman–Crippen MR) is 89.6 cm³/mol. The van der Waals surface area contributed by atoms with Crippen LogP contribution in [0.15, 0.2) is 12.1 Å². The lowest BCUT2D eigenvalue weighted by atomic mass is 9.81. The van der Waals surface area contributed by atoms with Crippen molar-refractivity contribution < 1.29 is 0 Å². The molecule has 0 radical (unpaired) electrons. The second-order valence-corrected chi connectivity index (χ2v) is 7.53. The third-order valence-corrected chi connectivity index (χ3v) is 6.02. The second-order valence-electron chi connectivity index (χ2n) is 7.53. The summed E-state index contributed by atoms with van der Waals surface area (Å²) in [5, 5.41) is 0. The van der Waals surface area contributed by atoms with Crippen molar-refractivity contribution in [3.05, 3.63) is 34.4 Å². The molecule has 2 aliphatic heterocycles. The highest BCUT2D eigenvalue weighted by molar-refractivity contribution is 5.38. The summed E-state index contributed by atoms with van der Waals surface area (Å²) in [7, 11) is 2.30. The fourth-order valence-electron chi connectivity index (χ4n) is 4.74. The van der Waals surface area contributed by atoms with Gasteiger partial charge in [-0.3, -0.25) is 0 Å². The Balaban J connectivity index is 1.71. The van der Waals surface area contributed by atoms with Gasteiger partial charge in [-0.25, -0.2) is 0 Å². The van der Waals surface area contributed by atoms with Crippen molar-refractivity contribution in [1.82, 2.24) is 4.90 Å². The minimum Gasteiger partial charge on any atom is -0.327 e. The lowest BCUT2D eigenvalue weighted by Gasteiger charge is -2.39. The Morgan fingerprint density at radius 3 is 2.14 bits per heavy atom. The molecule has 21 heavy (non-hydrogen) atoms. The SMILES string of the molecule is Cc1cc(C)c(CC(N)C2CC3CCC(C2)N3C)c(C)c1. The van der Waals surface area contributed by atoms with Crippen molar-refractivity contribution in [1.29, 1.82) is 0 Å². The van der Waals surface area contributed by atoms with E-state index in [-0.39, 0.29) is 0 Å². The summed E-state index contributed by atoms with van der Waals surface area (Å²) in [6, 6.07) is 6.50. The van der Waals surface area contributed by atoms with Crippen molar-refractivity contribution >= 4 is 0 Å². The zero-order chi connectivity index (χ0) is 15.1. The van der Waals surface area contributed by atoms with Gasteiger partial charge in [0.25, 0.3) is 0 Å². The van der Waals surface area contributed by atoms with Crippen LogP contribution in [-0.2, 0) is 6.42 Å². The summed E-state index contributed by atoms with van der Waals surface area (Å²) >= 11 is 0. The van der Waals surface area contributed by atoms with E-state index in [4.69, 9.17) is 5.73 Å². The Labute approximate surface area is 129 Å². The van der Waals surface area contributed by atoms with Gasteiger partial charge in [0.1, 0.15) is 0 Å². The van der Waals surface area contributed by atoms with Crippen molar-refractivity contribution in [2.75, 3.05) is 7.05 Å². The first-order chi connectivity index (χ1) is 9.95. The molecule has 0 amide bonds. The topological polar surface area (TPSA) is 29.3 Å². The average molecular weight is 286 g/mol. The van der Waals surface area contributed by atoms with E-state index in [9.17, 15) is 0 Å². The van der Waals surface area contributed by atoms with Crippen LogP contribution in [0.25, 0.3) is 0 Å². The zero-order valence-corrected chi connectivity index (χ0v) is 14.0. The standard InChI is InChI=1S/C19H30N2/c1-12-7-13(2)18(14(3)8-12)11-19(20)15-9-16-5-6-17(10-15)21(16)4/h7-8,15-17,19H,5-6,9-11,20H2,1-4H3. The molecule has 116 valence electrons. The summed E-state index contributed by atoms with van der Waals surface area (Å²) in [6.07, 6.45) is 6.42. The summed E-state index contributed by atoms with van der Waals surface area (Å²) in [5.74, 6) is 0.707. The lowest BCUT2D eigenvalue weighted by Crippen LogP contribution is -2.46. The second kappa shape index (κ2) is 5.73. The van der Waals surface area contributed by atoms with Crippen LogP contribution in [0.1, 0.15) is 47.9 Å². The van der Waals surface area contributed by atoms with E-state index in [1.807, 2.05) is 0 Å². The van der Waals surface area contributed by atoms with E-state index in [2.05, 4.69) is 44.9 Å². The Kier molecular flexibility index (Phi) is 4.11. The maximum absolute atomic E-state index is 6.64. The first-order valence-electron chi connectivity index (χ1n) is 8.50. The maximum atomic E-state index is 6.64. The van der Waals surface area contributed by atoms with E-state index in [1.165, 1.54) is 47.9 Å². The van der Waals surface area contributed by atoms with Crippen LogP contribution in [0.2, 0.25) is 0 Å². The van der Waals surface area contributed by atoms with Crippen LogP contribution in [0, 0.1) is 26.7 Å². The molecule has 3 rings (SSSR count). The smallest absolute Gasteiger partial charge is 0.0109 e. The van der Waals surface area contributed by atoms with Crippen LogP contribution >= 0.6 is 0 Å². The van der Waals surface area contributed by atoms with Crippen LogP contribution in [0.5, 0.6) is 0 Å². The first-order valence-corrected chi connectivity index (χ1v) is 8.50. The highest BCUT2D eigenvalue weighted by Crippen LogP contribution is 2.39. The van der Waals surface area contributed by atoms with E-state index in [0.29, 0.717) is 12.0 Å². The monoisotopic (exact) mass is 286 g/mol. The van der Waals surface area contributed by atoms with Gasteiger partial charge < -0.3 is 10.6 Å². The van der Waals surface area contributed by atoms with Gasteiger partial charge >= 0.3 is 0 Å². The Morgan fingerprint density at radius 2 is 1.62 bits per heavy atom. The first kappa shape index (κ1) is 15.1. The molecule has 1 aromatic rings. The number of piperidine rings is 1. The minimum atomic E-state index is 0.321. The molecule has 2 aliphatic rings. The number of fused-ring (bicyclic) bond motifs is 2. The Bertz CT molecular complexity index is 485. The number of nitrogens with two attached hydrogens (primary N) is 1. The van der Waals surface area contributed by atoms with Crippen molar-refractivity contribution in [2.24, 2.45) is 11.7 Å². The number of aryl methyl sites for hydroxylation is 3. The van der Waals surface area contributed by atoms with Crippen LogP contribution in [-0.4, -0.2) is 30.1 Å². The highest BCUT2D eigenvalue weighted by Gasteiger charge is 2.40. The summed E-state index contributed by atoms with van der Waals surface area (Å²) < 4.78 is 0. The van der Waals surface area contributed by atoms with Gasteiger partial charge in [0, 0.05) is 18.1 Å². The van der Waals surface area contributed by atoms with Gasteiger partial charge in [0.15, 0.2) is 0 Å². The molecule has 1 aromatic carbocycles. The van der Waals surface area contributed by atoms with Gasteiger partial charge in [0.05, 0.1) is 0 Å². The van der Waals surface area contributed by atoms with E-state index in [0.717, 1.165) is 18.5 Å². The third-order valence-electron chi connectivity index (χ3n) is 6.02. The van der Waals surface area contributed by atoms with E-state index in [1.54, 1.807) is 0 Å².